The molecule has 0 aliphatic carbocycles. The van der Waals surface area contributed by atoms with Crippen molar-refractivity contribution in [3.8, 4) is 0 Å². The summed E-state index contributed by atoms with van der Waals surface area (Å²) in [5.74, 6) is 0. The second kappa shape index (κ2) is 2.49. The molecule has 2 aromatic rings. The van der Waals surface area contributed by atoms with E-state index in [1.165, 1.54) is 11.7 Å². The summed E-state index contributed by atoms with van der Waals surface area (Å²) in [5, 5.41) is 0. The van der Waals surface area contributed by atoms with Crippen LogP contribution in [0.2, 0.25) is 0 Å². The molecular weight excluding hydrogens is 226 g/mol. The SMILES string of the molecule is Cc1c(Br)cnc2nsnc12. The first-order chi connectivity index (χ1) is 5.29. The Morgan fingerprint density at radius 1 is 1.45 bits per heavy atom. The van der Waals surface area contributed by atoms with Crippen LogP contribution in [0.15, 0.2) is 10.7 Å². The standard InChI is InChI=1S/C6H4BrN3S/c1-3-4(7)2-8-6-5(3)9-11-10-6/h2H,1H3. The normalized spacial score (nSPS) is 10.7. The zero-order valence-electron chi connectivity index (χ0n) is 5.71. The van der Waals surface area contributed by atoms with E-state index in [9.17, 15) is 0 Å². The summed E-state index contributed by atoms with van der Waals surface area (Å²) < 4.78 is 9.12. The highest BCUT2D eigenvalue weighted by atomic mass is 79.9. The monoisotopic (exact) mass is 229 g/mol. The third-order valence-electron chi connectivity index (χ3n) is 1.48. The average Bonchev–Trinajstić information content (AvgIpc) is 2.45. The molecule has 0 atom stereocenters. The van der Waals surface area contributed by atoms with Crippen molar-refractivity contribution < 1.29 is 0 Å². The summed E-state index contributed by atoms with van der Waals surface area (Å²) in [4.78, 5) is 4.09. The molecule has 0 bridgehead atoms. The van der Waals surface area contributed by atoms with Crippen molar-refractivity contribution in [2.75, 3.05) is 0 Å². The summed E-state index contributed by atoms with van der Waals surface area (Å²) in [6.07, 6.45) is 1.75. The minimum Gasteiger partial charge on any atom is -0.233 e. The molecule has 2 aromatic heterocycles. The lowest BCUT2D eigenvalue weighted by molar-refractivity contribution is 1.30. The van der Waals surface area contributed by atoms with E-state index in [0.717, 1.165) is 21.2 Å². The van der Waals surface area contributed by atoms with E-state index in [2.05, 4.69) is 29.7 Å². The van der Waals surface area contributed by atoms with Gasteiger partial charge in [-0.2, -0.15) is 8.75 Å². The summed E-state index contributed by atoms with van der Waals surface area (Å²) in [5.41, 5.74) is 2.73. The molecule has 0 saturated heterocycles. The summed E-state index contributed by atoms with van der Waals surface area (Å²) >= 11 is 4.57. The lowest BCUT2D eigenvalue weighted by atomic mass is 10.3. The number of hydrogen-bond acceptors (Lipinski definition) is 4. The number of hydrogen-bond donors (Lipinski definition) is 0. The average molecular weight is 230 g/mol. The van der Waals surface area contributed by atoms with Gasteiger partial charge in [0.25, 0.3) is 0 Å². The van der Waals surface area contributed by atoms with E-state index < -0.39 is 0 Å². The molecule has 0 aliphatic heterocycles. The van der Waals surface area contributed by atoms with Crippen molar-refractivity contribution in [1.82, 2.24) is 13.7 Å². The van der Waals surface area contributed by atoms with Crippen molar-refractivity contribution in [1.29, 1.82) is 0 Å². The first-order valence-electron chi connectivity index (χ1n) is 3.02. The van der Waals surface area contributed by atoms with Crippen molar-refractivity contribution in [2.45, 2.75) is 6.92 Å². The van der Waals surface area contributed by atoms with Gasteiger partial charge in [-0.05, 0) is 28.4 Å². The molecule has 0 aliphatic rings. The third-order valence-corrected chi connectivity index (χ3v) is 2.80. The highest BCUT2D eigenvalue weighted by molar-refractivity contribution is 9.10. The van der Waals surface area contributed by atoms with E-state index in [1.807, 2.05) is 6.92 Å². The zero-order valence-corrected chi connectivity index (χ0v) is 8.11. The fourth-order valence-electron chi connectivity index (χ4n) is 0.833. The van der Waals surface area contributed by atoms with Gasteiger partial charge in [0.1, 0.15) is 5.52 Å². The van der Waals surface area contributed by atoms with E-state index in [0.29, 0.717) is 0 Å². The molecule has 3 nitrogen and oxygen atoms in total. The molecule has 0 saturated carbocycles. The molecule has 2 rings (SSSR count). The van der Waals surface area contributed by atoms with Gasteiger partial charge in [-0.3, -0.25) is 0 Å². The number of halogens is 1. The minimum absolute atomic E-state index is 0.732. The fraction of sp³-hybridized carbons (Fsp3) is 0.167. The number of nitrogens with zero attached hydrogens (tertiary/aromatic N) is 3. The Labute approximate surface area is 75.9 Å². The first-order valence-corrected chi connectivity index (χ1v) is 4.55. The Bertz CT molecular complexity index is 398. The largest absolute Gasteiger partial charge is 0.233 e. The number of rotatable bonds is 0. The molecule has 0 fully saturated rings. The summed E-state index contributed by atoms with van der Waals surface area (Å²) in [7, 11) is 0. The zero-order chi connectivity index (χ0) is 7.84. The predicted octanol–water partition coefficient (Wildman–Crippen LogP) is 2.16. The van der Waals surface area contributed by atoms with Gasteiger partial charge >= 0.3 is 0 Å². The van der Waals surface area contributed by atoms with Crippen LogP contribution >= 0.6 is 27.7 Å². The van der Waals surface area contributed by atoms with Crippen LogP contribution in [0.4, 0.5) is 0 Å². The Hall–Kier alpha value is -0.550. The fourth-order valence-corrected chi connectivity index (χ4v) is 1.67. The number of fused-ring (bicyclic) bond motifs is 1. The van der Waals surface area contributed by atoms with Crippen LogP contribution < -0.4 is 0 Å². The van der Waals surface area contributed by atoms with Gasteiger partial charge in [0.2, 0.25) is 0 Å². The number of aromatic nitrogens is 3. The van der Waals surface area contributed by atoms with Gasteiger partial charge < -0.3 is 0 Å². The van der Waals surface area contributed by atoms with Crippen LogP contribution in [-0.4, -0.2) is 13.7 Å². The quantitative estimate of drug-likeness (QED) is 0.696. The molecule has 56 valence electrons. The molecule has 5 heteroatoms. The van der Waals surface area contributed by atoms with Crippen molar-refractivity contribution >= 4 is 38.8 Å². The van der Waals surface area contributed by atoms with Crippen molar-refractivity contribution in [2.24, 2.45) is 0 Å². The van der Waals surface area contributed by atoms with E-state index in [-0.39, 0.29) is 0 Å². The highest BCUT2D eigenvalue weighted by Crippen LogP contribution is 2.21. The molecule has 0 radical (unpaired) electrons. The van der Waals surface area contributed by atoms with Crippen molar-refractivity contribution in [3.63, 3.8) is 0 Å². The van der Waals surface area contributed by atoms with Crippen molar-refractivity contribution in [3.05, 3.63) is 16.2 Å². The molecular formula is C6H4BrN3S. The first kappa shape index (κ1) is 7.12. The maximum Gasteiger partial charge on any atom is 0.193 e. The molecule has 0 spiro atoms. The molecule has 2 heterocycles. The maximum absolute atomic E-state index is 4.12. The molecule has 11 heavy (non-hydrogen) atoms. The van der Waals surface area contributed by atoms with Gasteiger partial charge in [0.15, 0.2) is 5.65 Å². The van der Waals surface area contributed by atoms with Gasteiger partial charge in [0.05, 0.1) is 11.7 Å². The summed E-state index contributed by atoms with van der Waals surface area (Å²) in [6, 6.07) is 0. The second-order valence-electron chi connectivity index (χ2n) is 2.17. The van der Waals surface area contributed by atoms with Crippen LogP contribution in [0.25, 0.3) is 11.2 Å². The molecule has 0 amide bonds. The Kier molecular flexibility index (Phi) is 1.61. The number of aryl methyl sites for hydroxylation is 1. The summed E-state index contributed by atoms with van der Waals surface area (Å²) in [6.45, 7) is 2.00. The maximum atomic E-state index is 4.12. The van der Waals surface area contributed by atoms with E-state index in [4.69, 9.17) is 0 Å². The van der Waals surface area contributed by atoms with Gasteiger partial charge in [-0.25, -0.2) is 4.98 Å². The van der Waals surface area contributed by atoms with Gasteiger partial charge in [-0.15, -0.1) is 0 Å². The van der Waals surface area contributed by atoms with Crippen LogP contribution in [0, 0.1) is 6.92 Å². The Morgan fingerprint density at radius 3 is 3.09 bits per heavy atom. The third kappa shape index (κ3) is 1.04. The van der Waals surface area contributed by atoms with Crippen LogP contribution in [0.3, 0.4) is 0 Å². The van der Waals surface area contributed by atoms with Crippen LogP contribution in [0.1, 0.15) is 5.56 Å². The second-order valence-corrected chi connectivity index (χ2v) is 3.55. The van der Waals surface area contributed by atoms with E-state index >= 15 is 0 Å². The smallest absolute Gasteiger partial charge is 0.193 e. The highest BCUT2D eigenvalue weighted by Gasteiger charge is 2.04. The van der Waals surface area contributed by atoms with Crippen LogP contribution in [0.5, 0.6) is 0 Å². The van der Waals surface area contributed by atoms with Gasteiger partial charge in [-0.1, -0.05) is 0 Å². The Balaban J connectivity index is 2.93. The molecule has 0 unspecified atom stereocenters. The molecule has 0 aromatic carbocycles. The Morgan fingerprint density at radius 2 is 2.27 bits per heavy atom. The minimum atomic E-state index is 0.732. The van der Waals surface area contributed by atoms with E-state index in [1.54, 1.807) is 6.20 Å². The lowest BCUT2D eigenvalue weighted by Crippen LogP contribution is -1.82. The number of pyridine rings is 1. The van der Waals surface area contributed by atoms with Gasteiger partial charge in [0, 0.05) is 10.7 Å². The van der Waals surface area contributed by atoms with Crippen LogP contribution in [-0.2, 0) is 0 Å². The predicted molar refractivity (Wildman–Crippen MR) is 47.6 cm³/mol. The molecule has 0 N–H and O–H groups in total. The topological polar surface area (TPSA) is 38.7 Å². The lowest BCUT2D eigenvalue weighted by Gasteiger charge is -1.94.